The molecule has 0 aliphatic heterocycles. The van der Waals surface area contributed by atoms with Gasteiger partial charge in [0.15, 0.2) is 0 Å². The fourth-order valence-electron chi connectivity index (χ4n) is 3.65. The average Bonchev–Trinajstić information content (AvgIpc) is 3.16. The third-order valence-electron chi connectivity index (χ3n) is 4.81. The second kappa shape index (κ2) is 7.21. The monoisotopic (exact) mass is 426 g/mol. The highest BCUT2D eigenvalue weighted by Crippen LogP contribution is 2.42. The van der Waals surface area contributed by atoms with E-state index in [1.54, 1.807) is 31.2 Å². The van der Waals surface area contributed by atoms with Crippen LogP contribution in [0.2, 0.25) is 5.02 Å². The van der Waals surface area contributed by atoms with Crippen molar-refractivity contribution in [1.29, 1.82) is 0 Å². The summed E-state index contributed by atoms with van der Waals surface area (Å²) in [6.45, 7) is 5.96. The van der Waals surface area contributed by atoms with E-state index in [1.165, 1.54) is 11.3 Å². The standard InChI is InChI=1S/C22H19ClN2O3S/c1-4-28-22(27)18-20-15(17-12(3)9-11(2)10-25(17)18)16(24)21(29-20)19(26)13-5-7-14(23)8-6-13/h5-10H,4,24H2,1-3H3. The Bertz CT molecular complexity index is 1290. The molecular formula is C22H19ClN2O3S. The molecule has 0 aliphatic rings. The summed E-state index contributed by atoms with van der Waals surface area (Å²) in [6.07, 6.45) is 1.89. The number of nitrogens with zero attached hydrogens (tertiary/aromatic N) is 1. The summed E-state index contributed by atoms with van der Waals surface area (Å²) < 4.78 is 7.79. The maximum Gasteiger partial charge on any atom is 0.356 e. The van der Waals surface area contributed by atoms with Gasteiger partial charge in [0.2, 0.25) is 5.78 Å². The van der Waals surface area contributed by atoms with Crippen molar-refractivity contribution in [3.8, 4) is 0 Å². The van der Waals surface area contributed by atoms with Crippen LogP contribution >= 0.6 is 22.9 Å². The molecule has 148 valence electrons. The van der Waals surface area contributed by atoms with Crippen LogP contribution in [0.1, 0.15) is 43.8 Å². The Morgan fingerprint density at radius 2 is 1.90 bits per heavy atom. The molecule has 4 rings (SSSR count). The maximum absolute atomic E-state index is 13.1. The first-order chi connectivity index (χ1) is 13.8. The largest absolute Gasteiger partial charge is 0.461 e. The van der Waals surface area contributed by atoms with E-state index in [1.807, 2.05) is 30.5 Å². The predicted molar refractivity (Wildman–Crippen MR) is 118 cm³/mol. The molecule has 4 aromatic rings. The van der Waals surface area contributed by atoms with E-state index in [0.29, 0.717) is 36.9 Å². The highest BCUT2D eigenvalue weighted by atomic mass is 35.5. The first kappa shape index (κ1) is 19.5. The van der Waals surface area contributed by atoms with E-state index in [9.17, 15) is 9.59 Å². The number of aromatic nitrogens is 1. The summed E-state index contributed by atoms with van der Waals surface area (Å²) in [7, 11) is 0. The van der Waals surface area contributed by atoms with Gasteiger partial charge in [0.25, 0.3) is 0 Å². The molecule has 0 bridgehead atoms. The number of fused-ring (bicyclic) bond motifs is 3. The first-order valence-corrected chi connectivity index (χ1v) is 10.3. The Balaban J connectivity index is 2.02. The Kier molecular flexibility index (Phi) is 4.84. The minimum Gasteiger partial charge on any atom is -0.461 e. The van der Waals surface area contributed by atoms with Crippen LogP contribution in [0.25, 0.3) is 15.6 Å². The van der Waals surface area contributed by atoms with Gasteiger partial charge in [-0.05, 0) is 56.2 Å². The average molecular weight is 427 g/mol. The number of esters is 1. The van der Waals surface area contributed by atoms with E-state index in [-0.39, 0.29) is 12.4 Å². The summed E-state index contributed by atoms with van der Waals surface area (Å²) in [5.74, 6) is -0.632. The number of ether oxygens (including phenoxy) is 1. The Hall–Kier alpha value is -2.83. The number of hydrogen-bond acceptors (Lipinski definition) is 5. The molecule has 0 saturated carbocycles. The van der Waals surface area contributed by atoms with Crippen LogP contribution in [0.4, 0.5) is 5.69 Å². The number of carbonyl (C=O) groups excluding carboxylic acids is 2. The number of benzene rings is 1. The molecule has 0 saturated heterocycles. The summed E-state index contributed by atoms with van der Waals surface area (Å²) >= 11 is 7.16. The normalized spacial score (nSPS) is 11.3. The van der Waals surface area contributed by atoms with Gasteiger partial charge >= 0.3 is 5.97 Å². The van der Waals surface area contributed by atoms with Crippen LogP contribution < -0.4 is 5.73 Å². The van der Waals surface area contributed by atoms with Gasteiger partial charge in [-0.15, -0.1) is 11.3 Å². The van der Waals surface area contributed by atoms with Gasteiger partial charge in [0, 0.05) is 22.2 Å². The molecule has 0 radical (unpaired) electrons. The van der Waals surface area contributed by atoms with Gasteiger partial charge in [0.1, 0.15) is 5.69 Å². The quantitative estimate of drug-likeness (QED) is 0.349. The van der Waals surface area contributed by atoms with Crippen LogP contribution in [-0.2, 0) is 4.74 Å². The molecule has 3 aromatic heterocycles. The molecule has 7 heteroatoms. The molecule has 2 N–H and O–H groups in total. The minimum atomic E-state index is -0.436. The number of ketones is 1. The number of hydrogen-bond donors (Lipinski definition) is 1. The summed E-state index contributed by atoms with van der Waals surface area (Å²) in [5, 5.41) is 1.27. The summed E-state index contributed by atoms with van der Waals surface area (Å²) in [5.41, 5.74) is 10.5. The lowest BCUT2D eigenvalue weighted by Gasteiger charge is -2.07. The highest BCUT2D eigenvalue weighted by molar-refractivity contribution is 7.22. The van der Waals surface area contributed by atoms with Crippen molar-refractivity contribution in [3.05, 3.63) is 68.8 Å². The van der Waals surface area contributed by atoms with Crippen LogP contribution in [0.3, 0.4) is 0 Å². The van der Waals surface area contributed by atoms with Gasteiger partial charge in [0.05, 0.1) is 27.4 Å². The first-order valence-electron chi connectivity index (χ1n) is 9.14. The Morgan fingerprint density at radius 3 is 2.55 bits per heavy atom. The number of anilines is 1. The molecule has 0 amide bonds. The second-order valence-corrected chi connectivity index (χ2v) is 8.33. The number of nitrogens with two attached hydrogens (primary N) is 1. The van der Waals surface area contributed by atoms with Gasteiger partial charge in [-0.1, -0.05) is 17.7 Å². The van der Waals surface area contributed by atoms with E-state index in [0.717, 1.165) is 16.6 Å². The van der Waals surface area contributed by atoms with Crippen molar-refractivity contribution in [1.82, 2.24) is 4.40 Å². The fourth-order valence-corrected chi connectivity index (χ4v) is 4.99. The van der Waals surface area contributed by atoms with Crippen molar-refractivity contribution in [2.75, 3.05) is 12.3 Å². The van der Waals surface area contributed by atoms with Gasteiger partial charge < -0.3 is 14.9 Å². The lowest BCUT2D eigenvalue weighted by atomic mass is 10.1. The topological polar surface area (TPSA) is 73.8 Å². The molecule has 5 nitrogen and oxygen atoms in total. The van der Waals surface area contributed by atoms with Crippen LogP contribution in [-0.4, -0.2) is 22.8 Å². The number of aryl methyl sites for hydroxylation is 2. The summed E-state index contributed by atoms with van der Waals surface area (Å²) in [6, 6.07) is 8.70. The maximum atomic E-state index is 13.1. The minimum absolute atomic E-state index is 0.196. The van der Waals surface area contributed by atoms with Crippen molar-refractivity contribution in [2.24, 2.45) is 0 Å². The Labute approximate surface area is 176 Å². The van der Waals surface area contributed by atoms with Gasteiger partial charge in [-0.25, -0.2) is 4.79 Å². The Morgan fingerprint density at radius 1 is 1.21 bits per heavy atom. The molecule has 0 spiro atoms. The van der Waals surface area contributed by atoms with E-state index in [4.69, 9.17) is 22.1 Å². The summed E-state index contributed by atoms with van der Waals surface area (Å²) in [4.78, 5) is 26.3. The van der Waals surface area contributed by atoms with Crippen molar-refractivity contribution in [2.45, 2.75) is 20.8 Å². The van der Waals surface area contributed by atoms with Crippen molar-refractivity contribution in [3.63, 3.8) is 0 Å². The molecule has 3 heterocycles. The molecule has 0 aliphatic carbocycles. The lowest BCUT2D eigenvalue weighted by molar-refractivity contribution is 0.0521. The number of carbonyl (C=O) groups is 2. The lowest BCUT2D eigenvalue weighted by Crippen LogP contribution is -2.08. The third kappa shape index (κ3) is 3.09. The van der Waals surface area contributed by atoms with E-state index in [2.05, 4.69) is 0 Å². The molecule has 0 atom stereocenters. The fraction of sp³-hybridized carbons (Fsp3) is 0.182. The van der Waals surface area contributed by atoms with Crippen LogP contribution in [0, 0.1) is 13.8 Å². The predicted octanol–water partition coefficient (Wildman–Crippen LogP) is 5.41. The zero-order valence-electron chi connectivity index (χ0n) is 16.2. The zero-order valence-corrected chi connectivity index (χ0v) is 17.8. The number of rotatable bonds is 4. The number of nitrogen functional groups attached to an aromatic ring is 1. The van der Waals surface area contributed by atoms with Crippen LogP contribution in [0.15, 0.2) is 36.5 Å². The van der Waals surface area contributed by atoms with Gasteiger partial charge in [-0.2, -0.15) is 0 Å². The molecule has 29 heavy (non-hydrogen) atoms. The van der Waals surface area contributed by atoms with Crippen LogP contribution in [0.5, 0.6) is 0 Å². The second-order valence-electron chi connectivity index (χ2n) is 6.87. The van der Waals surface area contributed by atoms with Crippen molar-refractivity contribution < 1.29 is 14.3 Å². The van der Waals surface area contributed by atoms with E-state index >= 15 is 0 Å². The number of halogens is 1. The molecule has 0 unspecified atom stereocenters. The SMILES string of the molecule is CCOC(=O)c1c2sc(C(=O)c3ccc(Cl)cc3)c(N)c2c2c(C)cc(C)cn12. The van der Waals surface area contributed by atoms with Gasteiger partial charge in [-0.3, -0.25) is 4.79 Å². The zero-order chi connectivity index (χ0) is 20.9. The number of pyridine rings is 1. The van der Waals surface area contributed by atoms with E-state index < -0.39 is 5.97 Å². The molecular weight excluding hydrogens is 408 g/mol. The smallest absolute Gasteiger partial charge is 0.356 e. The molecule has 0 fully saturated rings. The molecule has 1 aromatic carbocycles. The third-order valence-corrected chi connectivity index (χ3v) is 6.27. The highest BCUT2D eigenvalue weighted by Gasteiger charge is 2.28. The number of thiophene rings is 1. The van der Waals surface area contributed by atoms with Crippen molar-refractivity contribution >= 4 is 56.0 Å².